The smallest absolute Gasteiger partial charge is 0.407 e. The molecule has 3 fully saturated rings. The Hall–Kier alpha value is -4.97. The number of carbonyl (C=O) groups excluding carboxylic acids is 4. The number of methoxy groups -OCH3 is 2. The van der Waals surface area contributed by atoms with Gasteiger partial charge in [-0.25, -0.2) is 14.0 Å². The van der Waals surface area contributed by atoms with E-state index in [9.17, 15) is 19.2 Å². The number of nitrogens with zero attached hydrogens (tertiary/aromatic N) is 5. The van der Waals surface area contributed by atoms with E-state index < -0.39 is 42.1 Å². The van der Waals surface area contributed by atoms with Crippen molar-refractivity contribution in [3.05, 3.63) is 87.0 Å². The first-order chi connectivity index (χ1) is 34.7. The predicted molar refractivity (Wildman–Crippen MR) is 312 cm³/mol. The summed E-state index contributed by atoms with van der Waals surface area (Å²) in [7, 11) is 2.57. The molecule has 4 aromatic rings. The van der Waals surface area contributed by atoms with E-state index in [4.69, 9.17) is 33.7 Å². The molecule has 410 valence electrons. The summed E-state index contributed by atoms with van der Waals surface area (Å²) in [5.41, 5.74) is 8.24. The van der Waals surface area contributed by atoms with Crippen LogP contribution in [0.4, 0.5) is 14.0 Å². The first-order valence-electron chi connectivity index (χ1n) is 25.1. The summed E-state index contributed by atoms with van der Waals surface area (Å²) in [4.78, 5) is 67.8. The quantitative estimate of drug-likeness (QED) is 0.149. The van der Waals surface area contributed by atoms with Crippen molar-refractivity contribution in [1.82, 2.24) is 25.0 Å². The molecule has 0 saturated carbocycles. The fourth-order valence-electron chi connectivity index (χ4n) is 11.7. The SMILES string of the molecule is COC(=O)N[C@H](C(=O)N1CCC[C@H]1C1=NCC(c2cc(F)c3c(c2)OC(c2cc4c(s2)CC2(C4)OCCO2)n2c-3cc3cc(C4=CN=C([C@@H]5CCCN5C(=O)[C@@H](NC(=O)OC)C(C)C)C4)ccc32)=C1)C(C)C.S.S.S.S. The number of benzene rings is 2. The van der Waals surface area contributed by atoms with Crippen molar-refractivity contribution >= 4 is 123 Å². The zero-order chi connectivity index (χ0) is 50.2. The van der Waals surface area contributed by atoms with Gasteiger partial charge in [-0.05, 0) is 108 Å². The fourth-order valence-corrected chi connectivity index (χ4v) is 13.0. The summed E-state index contributed by atoms with van der Waals surface area (Å²) in [6, 6.07) is 12.0. The van der Waals surface area contributed by atoms with Crippen molar-refractivity contribution in [1.29, 1.82) is 0 Å². The van der Waals surface area contributed by atoms with Crippen LogP contribution in [0, 0.1) is 17.7 Å². The second-order valence-corrected chi connectivity index (χ2v) is 21.7. The molecule has 16 nitrogen and oxygen atoms in total. The number of alkyl carbamates (subject to hydrolysis) is 2. The molecule has 2 aromatic carbocycles. The number of thiophene rings is 1. The Bertz CT molecular complexity index is 3010. The summed E-state index contributed by atoms with van der Waals surface area (Å²) in [6.45, 7) is 10.2. The van der Waals surface area contributed by atoms with Gasteiger partial charge in [0.15, 0.2) is 5.79 Å². The highest BCUT2D eigenvalue weighted by Gasteiger charge is 2.46. The average Bonchev–Trinajstić information content (AvgIpc) is 4.22. The largest absolute Gasteiger partial charge is 0.464 e. The second kappa shape index (κ2) is 23.6. The van der Waals surface area contributed by atoms with Gasteiger partial charge in [-0.1, -0.05) is 33.8 Å². The molecule has 0 bridgehead atoms. The monoisotopic (exact) mass is 1140 g/mol. The third-order valence-corrected chi connectivity index (χ3v) is 16.5. The summed E-state index contributed by atoms with van der Waals surface area (Å²) in [5, 5.41) is 6.36. The number of carbonyl (C=O) groups is 4. The predicted octanol–water partition coefficient (Wildman–Crippen LogP) is 8.51. The Labute approximate surface area is 474 Å². The molecule has 3 saturated heterocycles. The highest BCUT2D eigenvalue weighted by atomic mass is 32.1. The third kappa shape index (κ3) is 10.7. The molecule has 4 amide bonds. The molecular weight excluding hydrogens is 1070 g/mol. The van der Waals surface area contributed by atoms with E-state index in [2.05, 4.69) is 39.5 Å². The lowest BCUT2D eigenvalue weighted by Crippen LogP contribution is -2.53. The molecule has 0 radical (unpaired) electrons. The number of likely N-dealkylation sites (tertiary alicyclic amines) is 2. The van der Waals surface area contributed by atoms with E-state index in [0.717, 1.165) is 69.6 Å². The van der Waals surface area contributed by atoms with Crippen LogP contribution >= 0.6 is 65.3 Å². The van der Waals surface area contributed by atoms with Crippen molar-refractivity contribution in [2.45, 2.75) is 109 Å². The zero-order valence-corrected chi connectivity index (χ0v) is 48.2. The standard InChI is InChI=1S/C54H60FN7O9S.4H2S/c1-28(2)47(58-52(65)67-5)49(63)60-13-7-9-40(60)37-19-34(26-56-37)30-11-12-39-32(17-30)21-42-46-36(55)18-31(22-43(46)71-51(62(39)42)44-23-33-24-54(25-45(33)72-44)69-15-16-70-54)35-20-38(57-27-35)41-10-8-14-61(41)50(64)48(29(3)4)59-53(66)68-6;;;;/h11-12,17-18,20-23,26,28-29,40-41,47-48,51H,7-10,13-16,19,24-25,27H2,1-6H3,(H,58,65)(H,59,66);4*1H2/t40-,41-,47-,48-,51?;;;;/m0..../s1. The van der Waals surface area contributed by atoms with Crippen LogP contribution in [0.3, 0.4) is 0 Å². The number of hydrogen-bond donors (Lipinski definition) is 2. The molecule has 1 spiro atoms. The fraction of sp³-hybridized carbons (Fsp3) is 0.481. The van der Waals surface area contributed by atoms with E-state index in [1.807, 2.05) is 57.0 Å². The van der Waals surface area contributed by atoms with Crippen molar-refractivity contribution in [3.63, 3.8) is 0 Å². The lowest BCUT2D eigenvalue weighted by molar-refractivity contribution is -0.147. The number of rotatable bonds is 11. The number of amides is 4. The Morgan fingerprint density at radius 1 is 0.803 bits per heavy atom. The number of nitrogens with one attached hydrogen (secondary N) is 2. The molecule has 7 aliphatic rings. The molecule has 2 aromatic heterocycles. The Morgan fingerprint density at radius 2 is 1.45 bits per heavy atom. The first kappa shape index (κ1) is 58.7. The number of ether oxygens (including phenoxy) is 5. The molecule has 22 heteroatoms. The minimum Gasteiger partial charge on any atom is -0.464 e. The van der Waals surface area contributed by atoms with Crippen LogP contribution in [0.1, 0.15) is 92.5 Å². The lowest BCUT2D eigenvalue weighted by atomic mass is 9.96. The molecule has 1 aliphatic carbocycles. The number of halogens is 1. The van der Waals surface area contributed by atoms with Crippen molar-refractivity contribution < 1.29 is 47.3 Å². The lowest BCUT2D eigenvalue weighted by Gasteiger charge is -2.31. The van der Waals surface area contributed by atoms with Crippen LogP contribution < -0.4 is 15.4 Å². The molecular formula is C54H68FN7O9S5. The van der Waals surface area contributed by atoms with Crippen LogP contribution in [-0.4, -0.2) is 127 Å². The van der Waals surface area contributed by atoms with E-state index in [0.29, 0.717) is 74.7 Å². The van der Waals surface area contributed by atoms with Gasteiger partial charge in [0.2, 0.25) is 18.0 Å². The van der Waals surface area contributed by atoms with E-state index in [1.165, 1.54) is 24.7 Å². The minimum absolute atomic E-state index is 0. The van der Waals surface area contributed by atoms with E-state index in [1.54, 1.807) is 22.3 Å². The van der Waals surface area contributed by atoms with Crippen LogP contribution in [0.5, 0.6) is 5.75 Å². The summed E-state index contributed by atoms with van der Waals surface area (Å²) in [6.07, 6.45) is 6.96. The molecule has 76 heavy (non-hydrogen) atoms. The van der Waals surface area contributed by atoms with Crippen molar-refractivity contribution in [2.24, 2.45) is 21.8 Å². The number of hydrogen-bond acceptors (Lipinski definition) is 12. The second-order valence-electron chi connectivity index (χ2n) is 20.5. The number of aromatic nitrogens is 1. The van der Waals surface area contributed by atoms with Gasteiger partial charge in [-0.3, -0.25) is 24.1 Å². The summed E-state index contributed by atoms with van der Waals surface area (Å²) in [5.74, 6) is -1.24. The van der Waals surface area contributed by atoms with E-state index in [-0.39, 0.29) is 89.7 Å². The number of aliphatic imine (C=N–C) groups is 2. The van der Waals surface area contributed by atoms with Gasteiger partial charge in [-0.15, -0.1) is 11.3 Å². The van der Waals surface area contributed by atoms with Gasteiger partial charge in [0, 0.05) is 54.5 Å². The maximum absolute atomic E-state index is 17.1. The van der Waals surface area contributed by atoms with E-state index >= 15 is 4.39 Å². The van der Waals surface area contributed by atoms with Gasteiger partial charge in [0.25, 0.3) is 0 Å². The average molecular weight is 1140 g/mol. The molecule has 11 rings (SSSR count). The van der Waals surface area contributed by atoms with Crippen LogP contribution in [0.2, 0.25) is 0 Å². The number of allylic oxidation sites excluding steroid dienone is 1. The third-order valence-electron chi connectivity index (χ3n) is 15.3. The molecule has 6 aliphatic heterocycles. The zero-order valence-electron chi connectivity index (χ0n) is 43.4. The highest BCUT2D eigenvalue weighted by molar-refractivity contribution is 7.59. The topological polar surface area (TPSA) is 175 Å². The number of fused-ring (bicyclic) bond motifs is 6. The van der Waals surface area contributed by atoms with Crippen molar-refractivity contribution in [3.8, 4) is 17.0 Å². The van der Waals surface area contributed by atoms with Gasteiger partial charge >= 0.3 is 12.2 Å². The maximum atomic E-state index is 17.1. The highest BCUT2D eigenvalue weighted by Crippen LogP contribution is 2.50. The minimum atomic E-state index is -0.753. The van der Waals surface area contributed by atoms with Crippen LogP contribution in [0.15, 0.2) is 64.7 Å². The van der Waals surface area contributed by atoms with Gasteiger partial charge in [0.1, 0.15) is 23.7 Å². The molecule has 5 atom stereocenters. The normalized spacial score (nSPS) is 21.4. The Morgan fingerprint density at radius 3 is 2.08 bits per heavy atom. The summed E-state index contributed by atoms with van der Waals surface area (Å²) < 4.78 is 48.1. The summed E-state index contributed by atoms with van der Waals surface area (Å²) >= 11 is 1.67. The van der Waals surface area contributed by atoms with Gasteiger partial charge < -0.3 is 44.1 Å². The van der Waals surface area contributed by atoms with Crippen LogP contribution in [0.25, 0.3) is 33.3 Å². The Kier molecular flexibility index (Phi) is 18.2. The van der Waals surface area contributed by atoms with Gasteiger partial charge in [0.05, 0.1) is 73.4 Å². The van der Waals surface area contributed by atoms with Crippen molar-refractivity contribution in [2.75, 3.05) is 47.1 Å². The molecule has 2 N–H and O–H groups in total. The molecule has 1 unspecified atom stereocenters. The molecule has 8 heterocycles. The maximum Gasteiger partial charge on any atom is 0.407 e. The van der Waals surface area contributed by atoms with Gasteiger partial charge in [-0.2, -0.15) is 54.0 Å². The first-order valence-corrected chi connectivity index (χ1v) is 25.9. The van der Waals surface area contributed by atoms with Crippen LogP contribution in [-0.2, 0) is 41.4 Å². The Balaban J connectivity index is 0.00000210.